The van der Waals surface area contributed by atoms with Crippen LogP contribution in [0.1, 0.15) is 25.8 Å². The summed E-state index contributed by atoms with van der Waals surface area (Å²) in [5.74, 6) is 0.850. The van der Waals surface area contributed by atoms with Gasteiger partial charge in [0, 0.05) is 19.2 Å². The van der Waals surface area contributed by atoms with Crippen molar-refractivity contribution in [1.29, 1.82) is 0 Å². The van der Waals surface area contributed by atoms with Crippen molar-refractivity contribution >= 4 is 22.3 Å². The number of anilines is 1. The van der Waals surface area contributed by atoms with Crippen molar-refractivity contribution in [1.82, 2.24) is 10.1 Å². The van der Waals surface area contributed by atoms with Crippen LogP contribution < -0.4 is 4.90 Å². The highest BCUT2D eigenvalue weighted by molar-refractivity contribution is 7.19. The molecule has 0 saturated carbocycles. The molecule has 0 unspecified atom stereocenters. The van der Waals surface area contributed by atoms with Crippen LogP contribution in [-0.2, 0) is 11.2 Å². The number of thiophene rings is 1. The molecule has 0 bridgehead atoms. The number of hydrogen-bond acceptors (Lipinski definition) is 6. The predicted molar refractivity (Wildman–Crippen MR) is 107 cm³/mol. The fourth-order valence-corrected chi connectivity index (χ4v) is 3.64. The van der Waals surface area contributed by atoms with E-state index >= 15 is 0 Å². The van der Waals surface area contributed by atoms with Gasteiger partial charge in [0.15, 0.2) is 0 Å². The van der Waals surface area contributed by atoms with Gasteiger partial charge in [-0.15, -0.1) is 11.3 Å². The van der Waals surface area contributed by atoms with Gasteiger partial charge in [-0.2, -0.15) is 4.98 Å². The number of hydrogen-bond donors (Lipinski definition) is 1. The van der Waals surface area contributed by atoms with Crippen molar-refractivity contribution in [2.45, 2.75) is 26.7 Å². The zero-order chi connectivity index (χ0) is 19.4. The monoisotopic (exact) mass is 385 g/mol. The summed E-state index contributed by atoms with van der Waals surface area (Å²) in [5.41, 5.74) is 2.19. The van der Waals surface area contributed by atoms with Crippen molar-refractivity contribution in [3.8, 4) is 22.2 Å². The molecule has 142 valence electrons. The number of nitrogens with zero attached hydrogens (tertiary/aromatic N) is 3. The first-order valence-corrected chi connectivity index (χ1v) is 9.70. The minimum atomic E-state index is -0.805. The van der Waals surface area contributed by atoms with E-state index in [4.69, 9.17) is 9.63 Å². The lowest BCUT2D eigenvalue weighted by atomic mass is 10.0. The Hall–Kier alpha value is -2.67. The van der Waals surface area contributed by atoms with Gasteiger partial charge in [0.25, 0.3) is 5.89 Å². The summed E-state index contributed by atoms with van der Waals surface area (Å²) in [6.07, 6.45) is 1.14. The van der Waals surface area contributed by atoms with Crippen molar-refractivity contribution in [2.75, 3.05) is 18.5 Å². The van der Waals surface area contributed by atoms with Gasteiger partial charge in [-0.1, -0.05) is 31.1 Å². The summed E-state index contributed by atoms with van der Waals surface area (Å²) < 4.78 is 5.43. The smallest absolute Gasteiger partial charge is 0.305 e. The van der Waals surface area contributed by atoms with Gasteiger partial charge in [0.1, 0.15) is 0 Å². The minimum Gasteiger partial charge on any atom is -0.481 e. The average Bonchev–Trinajstić information content (AvgIpc) is 3.29. The molecule has 0 amide bonds. The van der Waals surface area contributed by atoms with Gasteiger partial charge < -0.3 is 14.5 Å². The first kappa shape index (κ1) is 19.1. The van der Waals surface area contributed by atoms with E-state index in [9.17, 15) is 4.79 Å². The Morgan fingerprint density at radius 3 is 2.63 bits per heavy atom. The molecule has 2 heterocycles. The Labute approximate surface area is 162 Å². The van der Waals surface area contributed by atoms with Crippen molar-refractivity contribution in [2.24, 2.45) is 5.92 Å². The van der Waals surface area contributed by atoms with Gasteiger partial charge in [-0.05, 0) is 42.2 Å². The molecule has 0 aliphatic carbocycles. The molecule has 27 heavy (non-hydrogen) atoms. The largest absolute Gasteiger partial charge is 0.481 e. The molecule has 0 fully saturated rings. The number of rotatable bonds is 8. The van der Waals surface area contributed by atoms with E-state index in [1.807, 2.05) is 36.2 Å². The number of carbonyl (C=O) groups is 1. The molecular weight excluding hydrogens is 362 g/mol. The molecule has 3 rings (SSSR count). The van der Waals surface area contributed by atoms with E-state index in [2.05, 4.69) is 36.1 Å². The average molecular weight is 385 g/mol. The Morgan fingerprint density at radius 1 is 1.22 bits per heavy atom. The highest BCUT2D eigenvalue weighted by Gasteiger charge is 2.14. The molecule has 1 N–H and O–H groups in total. The van der Waals surface area contributed by atoms with Gasteiger partial charge >= 0.3 is 5.97 Å². The highest BCUT2D eigenvalue weighted by atomic mass is 32.1. The standard InChI is InChI=1S/C20H23N3O3S/c1-13(2)12-14-4-6-15(7-5-14)20-21-19(22-26-20)16-8-9-17(27-16)23(3)11-10-18(24)25/h4-9,13H,10-12H2,1-3H3,(H,24,25). The van der Waals surface area contributed by atoms with Crippen LogP contribution in [0.25, 0.3) is 22.2 Å². The molecular formula is C20H23N3O3S. The van der Waals surface area contributed by atoms with E-state index in [0.717, 1.165) is 21.9 Å². The molecule has 6 nitrogen and oxygen atoms in total. The molecule has 7 heteroatoms. The SMILES string of the molecule is CC(C)Cc1ccc(-c2nc(-c3ccc(N(C)CCC(=O)O)s3)no2)cc1. The summed E-state index contributed by atoms with van der Waals surface area (Å²) in [7, 11) is 1.87. The van der Waals surface area contributed by atoms with Crippen LogP contribution in [0.3, 0.4) is 0 Å². The first-order chi connectivity index (χ1) is 12.9. The summed E-state index contributed by atoms with van der Waals surface area (Å²) in [6.45, 7) is 4.86. The van der Waals surface area contributed by atoms with Crippen molar-refractivity contribution < 1.29 is 14.4 Å². The first-order valence-electron chi connectivity index (χ1n) is 8.88. The van der Waals surface area contributed by atoms with Crippen LogP contribution in [0.5, 0.6) is 0 Å². The van der Waals surface area contributed by atoms with E-state index in [1.54, 1.807) is 0 Å². The molecule has 1 aromatic carbocycles. The second-order valence-corrected chi connectivity index (χ2v) is 7.98. The fraction of sp³-hybridized carbons (Fsp3) is 0.350. The second-order valence-electron chi connectivity index (χ2n) is 6.92. The number of aliphatic carboxylic acids is 1. The third-order valence-electron chi connectivity index (χ3n) is 4.12. The maximum atomic E-state index is 10.7. The Morgan fingerprint density at radius 2 is 1.96 bits per heavy atom. The van der Waals surface area contributed by atoms with Crippen LogP contribution in [0.15, 0.2) is 40.9 Å². The molecule has 0 radical (unpaired) electrons. The van der Waals surface area contributed by atoms with E-state index < -0.39 is 5.97 Å². The Bertz CT molecular complexity index is 899. The summed E-state index contributed by atoms with van der Waals surface area (Å²) >= 11 is 1.51. The lowest BCUT2D eigenvalue weighted by Crippen LogP contribution is -2.19. The molecule has 0 spiro atoms. The van der Waals surface area contributed by atoms with Crippen LogP contribution in [-0.4, -0.2) is 34.8 Å². The molecule has 0 aliphatic rings. The van der Waals surface area contributed by atoms with Crippen LogP contribution in [0.4, 0.5) is 5.00 Å². The fourth-order valence-electron chi connectivity index (χ4n) is 2.72. The topological polar surface area (TPSA) is 79.5 Å². The molecule has 0 saturated heterocycles. The Kier molecular flexibility index (Phi) is 5.91. The maximum Gasteiger partial charge on any atom is 0.305 e. The van der Waals surface area contributed by atoms with Gasteiger partial charge in [-0.3, -0.25) is 4.79 Å². The zero-order valence-corrected chi connectivity index (χ0v) is 16.5. The molecule has 0 atom stereocenters. The van der Waals surface area contributed by atoms with Crippen molar-refractivity contribution in [3.05, 3.63) is 42.0 Å². The number of carboxylic acids is 1. The highest BCUT2D eigenvalue weighted by Crippen LogP contribution is 2.32. The van der Waals surface area contributed by atoms with Gasteiger partial charge in [-0.25, -0.2) is 0 Å². The second kappa shape index (κ2) is 8.35. The van der Waals surface area contributed by atoms with Crippen LogP contribution in [0, 0.1) is 5.92 Å². The van der Waals surface area contributed by atoms with E-state index in [1.165, 1.54) is 16.9 Å². The van der Waals surface area contributed by atoms with E-state index in [0.29, 0.717) is 24.2 Å². The predicted octanol–water partition coefficient (Wildman–Crippen LogP) is 4.57. The molecule has 0 aliphatic heterocycles. The number of benzene rings is 1. The third-order valence-corrected chi connectivity index (χ3v) is 5.32. The Balaban J connectivity index is 1.71. The molecule has 2 aromatic heterocycles. The van der Waals surface area contributed by atoms with Crippen LogP contribution >= 0.6 is 11.3 Å². The summed E-state index contributed by atoms with van der Waals surface area (Å²) in [5, 5.41) is 13.9. The minimum absolute atomic E-state index is 0.100. The van der Waals surface area contributed by atoms with Crippen LogP contribution in [0.2, 0.25) is 0 Å². The summed E-state index contributed by atoms with van der Waals surface area (Å²) in [4.78, 5) is 18.0. The third kappa shape index (κ3) is 4.95. The maximum absolute atomic E-state index is 10.7. The number of carboxylic acid groups (broad SMARTS) is 1. The van der Waals surface area contributed by atoms with Crippen molar-refractivity contribution in [3.63, 3.8) is 0 Å². The van der Waals surface area contributed by atoms with Gasteiger partial charge in [0.2, 0.25) is 5.82 Å². The zero-order valence-electron chi connectivity index (χ0n) is 15.7. The summed E-state index contributed by atoms with van der Waals surface area (Å²) in [6, 6.07) is 12.1. The lowest BCUT2D eigenvalue weighted by molar-refractivity contribution is -0.136. The lowest BCUT2D eigenvalue weighted by Gasteiger charge is -2.14. The normalized spacial score (nSPS) is 11.1. The van der Waals surface area contributed by atoms with E-state index in [-0.39, 0.29) is 6.42 Å². The molecule has 3 aromatic rings. The number of aromatic nitrogens is 2. The van der Waals surface area contributed by atoms with Gasteiger partial charge in [0.05, 0.1) is 16.3 Å². The quantitative estimate of drug-likeness (QED) is 0.612.